The lowest BCUT2D eigenvalue weighted by molar-refractivity contribution is -0.172. The largest absolute Gasteiger partial charge is 0.474 e. The highest BCUT2D eigenvalue weighted by Crippen LogP contribution is 2.66. The minimum absolute atomic E-state index is 0.117. The van der Waals surface area contributed by atoms with Gasteiger partial charge in [0.1, 0.15) is 0 Å². The van der Waals surface area contributed by atoms with Crippen LogP contribution in [0.3, 0.4) is 0 Å². The van der Waals surface area contributed by atoms with E-state index < -0.39 is 20.0 Å². The zero-order valence-corrected chi connectivity index (χ0v) is 18.4. The van der Waals surface area contributed by atoms with Crippen molar-refractivity contribution in [2.24, 2.45) is 0 Å². The lowest BCUT2D eigenvalue weighted by Crippen LogP contribution is -2.56. The van der Waals surface area contributed by atoms with E-state index in [2.05, 4.69) is 5.09 Å². The Balaban J connectivity index is 6.54. The Morgan fingerprint density at radius 2 is 1.27 bits per heavy atom. The fourth-order valence-corrected chi connectivity index (χ4v) is 7.39. The molecule has 1 N–H and O–H groups in total. The molecule has 0 saturated carbocycles. The van der Waals surface area contributed by atoms with Gasteiger partial charge < -0.3 is 0 Å². The molecule has 1 amide bonds. The SMILES string of the molecule is CCCO[P+](NC(=O)C(F)(F)F)(N(C(C)C)C(C)C)N(C(C)C)C(C)C. The van der Waals surface area contributed by atoms with Crippen LogP contribution in [-0.4, -0.2) is 52.2 Å². The zero-order valence-electron chi connectivity index (χ0n) is 17.5. The van der Waals surface area contributed by atoms with Gasteiger partial charge in [-0.05, 0) is 61.8 Å². The summed E-state index contributed by atoms with van der Waals surface area (Å²) in [4.78, 5) is 12.0. The Kier molecular flexibility index (Phi) is 10.0. The highest BCUT2D eigenvalue weighted by atomic mass is 31.2. The summed E-state index contributed by atoms with van der Waals surface area (Å²) in [5, 5.41) is 2.31. The van der Waals surface area contributed by atoms with Gasteiger partial charge in [-0.3, -0.25) is 4.79 Å². The number of nitrogens with zero attached hydrogens (tertiary/aromatic N) is 2. The van der Waals surface area contributed by atoms with Crippen LogP contribution in [0.1, 0.15) is 68.7 Å². The maximum Gasteiger partial charge on any atom is 0.474 e. The number of carbonyl (C=O) groups is 1. The highest BCUT2D eigenvalue weighted by Gasteiger charge is 2.62. The molecule has 0 aliphatic heterocycles. The Morgan fingerprint density at radius 1 is 0.923 bits per heavy atom. The summed E-state index contributed by atoms with van der Waals surface area (Å²) in [5.74, 6) is -1.96. The number of rotatable bonds is 10. The maximum atomic E-state index is 13.1. The second-order valence-electron chi connectivity index (χ2n) is 7.45. The summed E-state index contributed by atoms with van der Waals surface area (Å²) < 4.78 is 49.4. The summed E-state index contributed by atoms with van der Waals surface area (Å²) in [6.07, 6.45) is -4.34. The zero-order chi connectivity index (χ0) is 20.9. The van der Waals surface area contributed by atoms with Crippen molar-refractivity contribution in [3.05, 3.63) is 0 Å². The van der Waals surface area contributed by atoms with Crippen LogP contribution in [0.5, 0.6) is 0 Å². The van der Waals surface area contributed by atoms with Gasteiger partial charge in [0.2, 0.25) is 0 Å². The number of alkyl halides is 3. The number of nitrogens with one attached hydrogen (secondary N) is 1. The molecule has 0 aliphatic rings. The van der Waals surface area contributed by atoms with E-state index in [1.54, 1.807) is 0 Å². The predicted molar refractivity (Wildman–Crippen MR) is 102 cm³/mol. The van der Waals surface area contributed by atoms with Crippen LogP contribution in [0.2, 0.25) is 0 Å². The van der Waals surface area contributed by atoms with Gasteiger partial charge in [-0.25, -0.2) is 0 Å². The first-order valence-corrected chi connectivity index (χ1v) is 10.8. The molecule has 5 nitrogen and oxygen atoms in total. The number of hydrogen-bond donors (Lipinski definition) is 1. The molecular formula is C17H36F3N3O2P+. The molecule has 0 saturated heterocycles. The highest BCUT2D eigenvalue weighted by molar-refractivity contribution is 7.65. The monoisotopic (exact) mass is 402 g/mol. The van der Waals surface area contributed by atoms with Crippen LogP contribution in [0, 0.1) is 0 Å². The lowest BCUT2D eigenvalue weighted by Gasteiger charge is -2.46. The Bertz CT molecular complexity index is 407. The van der Waals surface area contributed by atoms with Crippen molar-refractivity contribution in [2.75, 3.05) is 6.61 Å². The molecule has 26 heavy (non-hydrogen) atoms. The first-order chi connectivity index (χ1) is 11.7. The molecular weight excluding hydrogens is 366 g/mol. The van der Waals surface area contributed by atoms with Crippen molar-refractivity contribution < 1.29 is 22.5 Å². The number of carbonyl (C=O) groups excluding carboxylic acids is 1. The maximum absolute atomic E-state index is 13.1. The molecule has 0 aromatic carbocycles. The third kappa shape index (κ3) is 6.32. The Hall–Kier alpha value is -0.430. The summed E-state index contributed by atoms with van der Waals surface area (Å²) in [6, 6.07) is -0.468. The van der Waals surface area contributed by atoms with E-state index in [0.717, 1.165) is 0 Å². The molecule has 9 heteroatoms. The van der Waals surface area contributed by atoms with Gasteiger partial charge in [-0.15, -0.1) is 9.34 Å². The van der Waals surface area contributed by atoms with E-state index in [1.807, 2.05) is 71.7 Å². The third-order valence-corrected chi connectivity index (χ3v) is 7.86. The number of amides is 1. The average Bonchev–Trinajstić information content (AvgIpc) is 2.42. The van der Waals surface area contributed by atoms with Gasteiger partial charge in [-0.2, -0.15) is 22.8 Å². The topological polar surface area (TPSA) is 44.8 Å². The van der Waals surface area contributed by atoms with Gasteiger partial charge in [-0.1, -0.05) is 6.92 Å². The van der Waals surface area contributed by atoms with Gasteiger partial charge >= 0.3 is 20.0 Å². The van der Waals surface area contributed by atoms with Gasteiger partial charge in [0.05, 0.1) is 6.61 Å². The van der Waals surface area contributed by atoms with Crippen LogP contribution in [-0.2, 0) is 9.32 Å². The minimum Gasteiger partial charge on any atom is -0.261 e. The van der Waals surface area contributed by atoms with Crippen LogP contribution >= 0.6 is 7.94 Å². The molecule has 0 bridgehead atoms. The molecule has 0 aromatic rings. The van der Waals surface area contributed by atoms with Crippen molar-refractivity contribution >= 4 is 13.8 Å². The number of halogens is 3. The molecule has 0 atom stereocenters. The fraction of sp³-hybridized carbons (Fsp3) is 0.941. The van der Waals surface area contributed by atoms with Gasteiger partial charge in [0.25, 0.3) is 0 Å². The predicted octanol–water partition coefficient (Wildman–Crippen LogP) is 5.01. The molecule has 0 rings (SSSR count). The quantitative estimate of drug-likeness (QED) is 0.522. The van der Waals surface area contributed by atoms with Crippen molar-refractivity contribution in [1.82, 2.24) is 14.4 Å². The van der Waals surface area contributed by atoms with Gasteiger partial charge in [0.15, 0.2) is 0 Å². The summed E-state index contributed by atoms with van der Waals surface area (Å²) in [5.41, 5.74) is 0. The smallest absolute Gasteiger partial charge is 0.261 e. The average molecular weight is 402 g/mol. The first kappa shape index (κ1) is 25.6. The van der Waals surface area contributed by atoms with E-state index in [0.29, 0.717) is 6.42 Å². The third-order valence-electron chi connectivity index (χ3n) is 3.72. The second-order valence-corrected chi connectivity index (χ2v) is 9.94. The molecule has 0 unspecified atom stereocenters. The first-order valence-electron chi connectivity index (χ1n) is 9.22. The Morgan fingerprint density at radius 3 is 1.50 bits per heavy atom. The van der Waals surface area contributed by atoms with E-state index in [9.17, 15) is 18.0 Å². The number of hydrogen-bond acceptors (Lipinski definition) is 4. The van der Waals surface area contributed by atoms with Crippen molar-refractivity contribution in [3.8, 4) is 0 Å². The summed E-state index contributed by atoms with van der Waals surface area (Å²) >= 11 is 0. The molecule has 156 valence electrons. The van der Waals surface area contributed by atoms with Gasteiger partial charge in [0, 0.05) is 24.2 Å². The lowest BCUT2D eigenvalue weighted by atomic mass is 10.3. The summed E-state index contributed by atoms with van der Waals surface area (Å²) in [7, 11) is -3.26. The van der Waals surface area contributed by atoms with E-state index >= 15 is 0 Å². The molecule has 0 heterocycles. The fourth-order valence-electron chi connectivity index (χ4n) is 3.26. The standard InChI is InChI=1S/C17H35F3N3O2P/c1-10-11-25-26(21-16(24)17(18,19)20,22(12(2)3)13(4)5)23(14(6)7)15(8)9/h12-15H,10-11H2,1-9H3/p+1. The van der Waals surface area contributed by atoms with E-state index in [4.69, 9.17) is 4.52 Å². The molecule has 0 aliphatic carbocycles. The van der Waals surface area contributed by atoms with E-state index in [-0.39, 0.29) is 30.8 Å². The molecule has 0 aromatic heterocycles. The molecule has 0 fully saturated rings. The van der Waals surface area contributed by atoms with Crippen LogP contribution in [0.15, 0.2) is 0 Å². The van der Waals surface area contributed by atoms with Crippen LogP contribution in [0.4, 0.5) is 13.2 Å². The molecule has 0 spiro atoms. The van der Waals surface area contributed by atoms with Crippen LogP contribution < -0.4 is 5.09 Å². The van der Waals surface area contributed by atoms with Crippen molar-refractivity contribution in [1.29, 1.82) is 0 Å². The molecule has 0 radical (unpaired) electrons. The second kappa shape index (κ2) is 10.2. The van der Waals surface area contributed by atoms with Crippen LogP contribution in [0.25, 0.3) is 0 Å². The minimum atomic E-state index is -4.97. The van der Waals surface area contributed by atoms with E-state index in [1.165, 1.54) is 0 Å². The normalized spacial score (nSPS) is 13.8. The summed E-state index contributed by atoms with van der Waals surface area (Å²) in [6.45, 7) is 17.4. The van der Waals surface area contributed by atoms with Crippen molar-refractivity contribution in [2.45, 2.75) is 99.1 Å². The Labute approximate surface area is 157 Å². The van der Waals surface area contributed by atoms with Crippen molar-refractivity contribution in [3.63, 3.8) is 0 Å².